The highest BCUT2D eigenvalue weighted by Gasteiger charge is 2.29. The first-order chi connectivity index (χ1) is 15.9. The Labute approximate surface area is 190 Å². The van der Waals surface area contributed by atoms with Crippen molar-refractivity contribution in [2.24, 2.45) is 0 Å². The van der Waals surface area contributed by atoms with Crippen molar-refractivity contribution in [3.05, 3.63) is 71.4 Å². The molecule has 3 aromatic rings. The summed E-state index contributed by atoms with van der Waals surface area (Å²) in [6, 6.07) is 16.4. The summed E-state index contributed by atoms with van der Waals surface area (Å²) in [5.41, 5.74) is 4.54. The third-order valence-electron chi connectivity index (χ3n) is 5.81. The Morgan fingerprint density at radius 1 is 1.12 bits per heavy atom. The van der Waals surface area contributed by atoms with Crippen LogP contribution in [0, 0.1) is 0 Å². The number of hydrogen-bond acceptors (Lipinski definition) is 5. The third-order valence-corrected chi connectivity index (χ3v) is 5.81. The zero-order chi connectivity index (χ0) is 23.5. The standard InChI is InChI=1S/C24H24N4O5/c1-3-28(14(2)23(30)31)22(29)20-12-21(27-26-20)25-24(32)33-13-19-17-10-6-4-8-15(17)16-9-5-7-11-18(16)19/h4-12,14,19H,3,13H2,1-2H3,(H,30,31)(H2,25,26,27,32). The molecule has 0 spiro atoms. The number of rotatable bonds is 7. The Bertz CT molecular complexity index is 1160. The summed E-state index contributed by atoms with van der Waals surface area (Å²) in [6.07, 6.45) is -0.700. The van der Waals surface area contributed by atoms with Gasteiger partial charge in [-0.25, -0.2) is 9.59 Å². The highest BCUT2D eigenvalue weighted by atomic mass is 16.5. The average molecular weight is 448 g/mol. The molecule has 0 saturated carbocycles. The van der Waals surface area contributed by atoms with Crippen LogP contribution in [-0.4, -0.2) is 57.4 Å². The van der Waals surface area contributed by atoms with Crippen molar-refractivity contribution in [3.63, 3.8) is 0 Å². The van der Waals surface area contributed by atoms with Crippen LogP contribution < -0.4 is 5.32 Å². The van der Waals surface area contributed by atoms with Crippen molar-refractivity contribution < 1.29 is 24.2 Å². The van der Waals surface area contributed by atoms with Crippen LogP contribution in [0.5, 0.6) is 0 Å². The fourth-order valence-corrected chi connectivity index (χ4v) is 4.12. The fraction of sp³-hybridized carbons (Fsp3) is 0.250. The molecule has 1 heterocycles. The Balaban J connectivity index is 1.40. The fourth-order valence-electron chi connectivity index (χ4n) is 4.12. The first-order valence-corrected chi connectivity index (χ1v) is 10.6. The Kier molecular flexibility index (Phi) is 6.12. The molecule has 3 N–H and O–H groups in total. The number of nitrogens with zero attached hydrogens (tertiary/aromatic N) is 2. The maximum absolute atomic E-state index is 12.6. The van der Waals surface area contributed by atoms with Crippen LogP contribution in [0.1, 0.15) is 41.4 Å². The molecule has 1 atom stereocenters. The number of aromatic nitrogens is 2. The summed E-state index contributed by atoms with van der Waals surface area (Å²) in [4.78, 5) is 37.4. The Morgan fingerprint density at radius 3 is 2.30 bits per heavy atom. The van der Waals surface area contributed by atoms with E-state index in [0.717, 1.165) is 22.3 Å². The number of aliphatic carboxylic acids is 1. The van der Waals surface area contributed by atoms with Crippen LogP contribution in [0.3, 0.4) is 0 Å². The van der Waals surface area contributed by atoms with Gasteiger partial charge in [0.25, 0.3) is 5.91 Å². The molecule has 2 aromatic carbocycles. The number of anilines is 1. The predicted octanol–water partition coefficient (Wildman–Crippen LogP) is 3.71. The number of carbonyl (C=O) groups is 3. The van der Waals surface area contributed by atoms with Crippen LogP contribution in [0.2, 0.25) is 0 Å². The van der Waals surface area contributed by atoms with E-state index in [2.05, 4.69) is 27.6 Å². The van der Waals surface area contributed by atoms with Gasteiger partial charge in [-0.3, -0.25) is 15.2 Å². The molecule has 0 aliphatic heterocycles. The van der Waals surface area contributed by atoms with E-state index in [1.54, 1.807) is 6.92 Å². The lowest BCUT2D eigenvalue weighted by atomic mass is 9.98. The SMILES string of the molecule is CCN(C(=O)c1cc(NC(=O)OCC2c3ccccc3-c3ccccc32)n[nH]1)C(C)C(=O)O. The van der Waals surface area contributed by atoms with E-state index in [1.165, 1.54) is 17.9 Å². The van der Waals surface area contributed by atoms with Crippen LogP contribution in [0.25, 0.3) is 11.1 Å². The Morgan fingerprint density at radius 2 is 1.73 bits per heavy atom. The number of carboxylic acid groups (broad SMARTS) is 1. The molecule has 4 rings (SSSR count). The summed E-state index contributed by atoms with van der Waals surface area (Å²) < 4.78 is 5.47. The number of amides is 2. The predicted molar refractivity (Wildman–Crippen MR) is 121 cm³/mol. The van der Waals surface area contributed by atoms with Crippen molar-refractivity contribution in [3.8, 4) is 11.1 Å². The van der Waals surface area contributed by atoms with Crippen molar-refractivity contribution >= 4 is 23.8 Å². The number of hydrogen-bond donors (Lipinski definition) is 3. The molecule has 1 aromatic heterocycles. The third kappa shape index (κ3) is 4.30. The monoisotopic (exact) mass is 448 g/mol. The van der Waals surface area contributed by atoms with E-state index >= 15 is 0 Å². The topological polar surface area (TPSA) is 125 Å². The molecule has 0 bridgehead atoms. The summed E-state index contributed by atoms with van der Waals surface area (Å²) in [7, 11) is 0. The van der Waals surface area contributed by atoms with Crippen molar-refractivity contribution in [1.82, 2.24) is 15.1 Å². The van der Waals surface area contributed by atoms with Crippen LogP contribution in [-0.2, 0) is 9.53 Å². The van der Waals surface area contributed by atoms with E-state index in [1.807, 2.05) is 36.4 Å². The number of nitrogens with one attached hydrogen (secondary N) is 2. The first kappa shape index (κ1) is 22.1. The maximum atomic E-state index is 12.6. The number of aromatic amines is 1. The smallest absolute Gasteiger partial charge is 0.412 e. The second kappa shape index (κ2) is 9.15. The van der Waals surface area contributed by atoms with E-state index in [4.69, 9.17) is 4.74 Å². The summed E-state index contributed by atoms with van der Waals surface area (Å²) in [6.45, 7) is 3.47. The summed E-state index contributed by atoms with van der Waals surface area (Å²) >= 11 is 0. The van der Waals surface area contributed by atoms with E-state index in [-0.39, 0.29) is 30.6 Å². The number of carbonyl (C=O) groups excluding carboxylic acids is 2. The minimum Gasteiger partial charge on any atom is -0.480 e. The zero-order valence-corrected chi connectivity index (χ0v) is 18.2. The summed E-state index contributed by atoms with van der Waals surface area (Å²) in [5, 5.41) is 18.1. The number of likely N-dealkylation sites (N-methyl/N-ethyl adjacent to an activating group) is 1. The molecule has 9 heteroatoms. The van der Waals surface area contributed by atoms with Crippen molar-refractivity contribution in [2.75, 3.05) is 18.5 Å². The lowest BCUT2D eigenvalue weighted by Gasteiger charge is -2.24. The van der Waals surface area contributed by atoms with Crippen LogP contribution >= 0.6 is 0 Å². The van der Waals surface area contributed by atoms with Crippen molar-refractivity contribution in [1.29, 1.82) is 0 Å². The minimum atomic E-state index is -1.11. The molecule has 1 unspecified atom stereocenters. The largest absolute Gasteiger partial charge is 0.480 e. The van der Waals surface area contributed by atoms with Crippen LogP contribution in [0.15, 0.2) is 54.6 Å². The van der Waals surface area contributed by atoms with Gasteiger partial charge in [-0.15, -0.1) is 0 Å². The van der Waals surface area contributed by atoms with Gasteiger partial charge in [-0.2, -0.15) is 5.10 Å². The molecule has 0 fully saturated rings. The second-order valence-corrected chi connectivity index (χ2v) is 7.72. The lowest BCUT2D eigenvalue weighted by molar-refractivity contribution is -0.141. The van der Waals surface area contributed by atoms with Gasteiger partial charge < -0.3 is 14.7 Å². The number of fused-ring (bicyclic) bond motifs is 3. The molecule has 9 nitrogen and oxygen atoms in total. The van der Waals surface area contributed by atoms with Gasteiger partial charge in [0.2, 0.25) is 0 Å². The molecule has 170 valence electrons. The van der Waals surface area contributed by atoms with Crippen LogP contribution in [0.4, 0.5) is 10.6 Å². The number of benzene rings is 2. The average Bonchev–Trinajstić information content (AvgIpc) is 3.40. The van der Waals surface area contributed by atoms with E-state index in [0.29, 0.717) is 0 Å². The minimum absolute atomic E-state index is 0.0684. The van der Waals surface area contributed by atoms with Gasteiger partial charge in [0, 0.05) is 18.5 Å². The molecular formula is C24H24N4O5. The molecule has 33 heavy (non-hydrogen) atoms. The van der Waals surface area contributed by atoms with Crippen molar-refractivity contribution in [2.45, 2.75) is 25.8 Å². The van der Waals surface area contributed by atoms with E-state index < -0.39 is 24.0 Å². The molecule has 1 aliphatic rings. The maximum Gasteiger partial charge on any atom is 0.412 e. The molecule has 1 aliphatic carbocycles. The van der Waals surface area contributed by atoms with Gasteiger partial charge >= 0.3 is 12.1 Å². The Hall–Kier alpha value is -4.14. The zero-order valence-electron chi connectivity index (χ0n) is 18.2. The molecular weight excluding hydrogens is 424 g/mol. The number of carboxylic acids is 1. The normalized spacial score (nSPS) is 13.0. The van der Waals surface area contributed by atoms with Gasteiger partial charge in [0.15, 0.2) is 5.82 Å². The van der Waals surface area contributed by atoms with Gasteiger partial charge in [-0.1, -0.05) is 48.5 Å². The van der Waals surface area contributed by atoms with E-state index in [9.17, 15) is 19.5 Å². The molecule has 0 radical (unpaired) electrons. The quantitative estimate of drug-likeness (QED) is 0.506. The molecule has 2 amide bonds. The number of ether oxygens (including phenoxy) is 1. The lowest BCUT2D eigenvalue weighted by Crippen LogP contribution is -2.43. The highest BCUT2D eigenvalue weighted by Crippen LogP contribution is 2.44. The highest BCUT2D eigenvalue weighted by molar-refractivity contribution is 5.96. The summed E-state index contributed by atoms with van der Waals surface area (Å²) in [5.74, 6) is -1.60. The number of H-pyrrole nitrogens is 1. The van der Waals surface area contributed by atoms with Gasteiger partial charge in [-0.05, 0) is 36.1 Å². The first-order valence-electron chi connectivity index (χ1n) is 10.6. The van der Waals surface area contributed by atoms with Gasteiger partial charge in [0.1, 0.15) is 18.3 Å². The molecule has 0 saturated heterocycles. The second-order valence-electron chi connectivity index (χ2n) is 7.72. The van der Waals surface area contributed by atoms with Gasteiger partial charge in [0.05, 0.1) is 0 Å².